The van der Waals surface area contributed by atoms with Crippen LogP contribution in [0.3, 0.4) is 0 Å². The van der Waals surface area contributed by atoms with Crippen molar-refractivity contribution >= 4 is 11.5 Å². The fourth-order valence-electron chi connectivity index (χ4n) is 2.14. The normalized spacial score (nSPS) is 10.8. The summed E-state index contributed by atoms with van der Waals surface area (Å²) in [6, 6.07) is 13.3. The average molecular weight is 252 g/mol. The average Bonchev–Trinajstić information content (AvgIpc) is 2.78. The van der Waals surface area contributed by atoms with Crippen molar-refractivity contribution in [1.29, 1.82) is 0 Å². The number of nitrogens with zero attached hydrogens (tertiary/aromatic N) is 2. The first-order chi connectivity index (χ1) is 9.16. The number of carboxylic acid groups (broad SMARTS) is 1. The van der Waals surface area contributed by atoms with Gasteiger partial charge in [0.2, 0.25) is 0 Å². The van der Waals surface area contributed by atoms with Crippen LogP contribution in [0.2, 0.25) is 0 Å². The second kappa shape index (κ2) is 4.24. The lowest BCUT2D eigenvalue weighted by molar-refractivity contribution is 0.0693. The number of pyridine rings is 1. The van der Waals surface area contributed by atoms with Crippen molar-refractivity contribution in [3.05, 3.63) is 59.9 Å². The summed E-state index contributed by atoms with van der Waals surface area (Å²) in [5.74, 6) is -0.361. The molecule has 0 amide bonds. The monoisotopic (exact) mass is 252 g/mol. The third kappa shape index (κ3) is 1.87. The van der Waals surface area contributed by atoms with E-state index in [1.807, 2.05) is 53.9 Å². The van der Waals surface area contributed by atoms with Gasteiger partial charge in [-0.05, 0) is 18.6 Å². The molecule has 0 spiro atoms. The van der Waals surface area contributed by atoms with Crippen LogP contribution in [0.1, 0.15) is 16.1 Å². The van der Waals surface area contributed by atoms with Crippen LogP contribution in [0, 0.1) is 6.92 Å². The number of imidazole rings is 1. The maximum atomic E-state index is 11.3. The summed E-state index contributed by atoms with van der Waals surface area (Å²) in [5.41, 5.74) is 2.64. The standard InChI is InChI=1S/C15H12N2O2/c1-10-7-8-12-13(15(18)19)16-14(17(12)9-10)11-5-3-2-4-6-11/h2-9H,1H3,(H,18,19). The zero-order chi connectivity index (χ0) is 13.4. The molecule has 3 aromatic rings. The highest BCUT2D eigenvalue weighted by molar-refractivity contribution is 5.95. The van der Waals surface area contributed by atoms with Crippen molar-refractivity contribution in [2.45, 2.75) is 6.92 Å². The van der Waals surface area contributed by atoms with E-state index in [1.165, 1.54) is 0 Å². The van der Waals surface area contributed by atoms with Gasteiger partial charge < -0.3 is 5.11 Å². The quantitative estimate of drug-likeness (QED) is 0.762. The van der Waals surface area contributed by atoms with Gasteiger partial charge in [0, 0.05) is 11.8 Å². The van der Waals surface area contributed by atoms with E-state index < -0.39 is 5.97 Å². The molecule has 3 rings (SSSR count). The predicted molar refractivity (Wildman–Crippen MR) is 72.3 cm³/mol. The fourth-order valence-corrected chi connectivity index (χ4v) is 2.14. The van der Waals surface area contributed by atoms with E-state index in [0.717, 1.165) is 11.1 Å². The van der Waals surface area contributed by atoms with Crippen LogP contribution in [0.4, 0.5) is 0 Å². The topological polar surface area (TPSA) is 54.6 Å². The molecule has 0 bridgehead atoms. The van der Waals surface area contributed by atoms with E-state index in [2.05, 4.69) is 4.98 Å². The van der Waals surface area contributed by atoms with Gasteiger partial charge in [-0.1, -0.05) is 36.4 Å². The number of carbonyl (C=O) groups is 1. The molecule has 0 fully saturated rings. The summed E-state index contributed by atoms with van der Waals surface area (Å²) in [6.07, 6.45) is 1.90. The molecule has 4 nitrogen and oxygen atoms in total. The lowest BCUT2D eigenvalue weighted by Crippen LogP contribution is -1.97. The molecule has 0 aliphatic carbocycles. The van der Waals surface area contributed by atoms with Gasteiger partial charge in [0.05, 0.1) is 5.52 Å². The van der Waals surface area contributed by atoms with Crippen LogP contribution >= 0.6 is 0 Å². The SMILES string of the molecule is Cc1ccc2c(C(=O)O)nc(-c3ccccc3)n2c1. The minimum atomic E-state index is -1.01. The van der Waals surface area contributed by atoms with Crippen LogP contribution in [0.15, 0.2) is 48.7 Å². The lowest BCUT2D eigenvalue weighted by atomic mass is 10.2. The molecular weight excluding hydrogens is 240 g/mol. The van der Waals surface area contributed by atoms with Gasteiger partial charge in [-0.15, -0.1) is 0 Å². The van der Waals surface area contributed by atoms with Crippen molar-refractivity contribution in [3.63, 3.8) is 0 Å². The highest BCUT2D eigenvalue weighted by Gasteiger charge is 2.17. The molecule has 19 heavy (non-hydrogen) atoms. The lowest BCUT2D eigenvalue weighted by Gasteiger charge is -2.02. The van der Waals surface area contributed by atoms with Crippen molar-refractivity contribution in [3.8, 4) is 11.4 Å². The molecule has 2 aromatic heterocycles. The molecule has 1 aromatic carbocycles. The van der Waals surface area contributed by atoms with Crippen molar-refractivity contribution in [1.82, 2.24) is 9.38 Å². The highest BCUT2D eigenvalue weighted by Crippen LogP contribution is 2.23. The molecule has 0 radical (unpaired) electrons. The van der Waals surface area contributed by atoms with E-state index in [-0.39, 0.29) is 5.69 Å². The van der Waals surface area contributed by atoms with E-state index in [9.17, 15) is 9.90 Å². The summed E-state index contributed by atoms with van der Waals surface area (Å²) in [6.45, 7) is 1.97. The Kier molecular flexibility index (Phi) is 2.56. The first-order valence-electron chi connectivity index (χ1n) is 5.94. The largest absolute Gasteiger partial charge is 0.476 e. The molecule has 0 aliphatic heterocycles. The Morgan fingerprint density at radius 1 is 1.16 bits per heavy atom. The van der Waals surface area contributed by atoms with Crippen LogP contribution in [0.5, 0.6) is 0 Å². The summed E-state index contributed by atoms with van der Waals surface area (Å²) in [4.78, 5) is 15.5. The Morgan fingerprint density at radius 3 is 2.58 bits per heavy atom. The second-order valence-corrected chi connectivity index (χ2v) is 4.42. The number of rotatable bonds is 2. The number of aromatic carboxylic acids is 1. The van der Waals surface area contributed by atoms with Gasteiger partial charge in [-0.2, -0.15) is 0 Å². The second-order valence-electron chi connectivity index (χ2n) is 4.42. The van der Waals surface area contributed by atoms with E-state index >= 15 is 0 Å². The summed E-state index contributed by atoms with van der Waals surface area (Å²) >= 11 is 0. The zero-order valence-electron chi connectivity index (χ0n) is 10.4. The van der Waals surface area contributed by atoms with Crippen molar-refractivity contribution in [2.24, 2.45) is 0 Å². The van der Waals surface area contributed by atoms with Crippen molar-refractivity contribution in [2.75, 3.05) is 0 Å². The number of aryl methyl sites for hydroxylation is 1. The van der Waals surface area contributed by atoms with E-state index in [4.69, 9.17) is 0 Å². The number of carboxylic acids is 1. The third-order valence-corrected chi connectivity index (χ3v) is 3.02. The molecule has 0 saturated carbocycles. The van der Waals surface area contributed by atoms with Gasteiger partial charge >= 0.3 is 5.97 Å². The van der Waals surface area contributed by atoms with Crippen LogP contribution in [-0.4, -0.2) is 20.5 Å². The minimum Gasteiger partial charge on any atom is -0.476 e. The van der Waals surface area contributed by atoms with Crippen LogP contribution < -0.4 is 0 Å². The summed E-state index contributed by atoms with van der Waals surface area (Å²) < 4.78 is 1.83. The van der Waals surface area contributed by atoms with Crippen LogP contribution in [-0.2, 0) is 0 Å². The maximum Gasteiger partial charge on any atom is 0.356 e. The maximum absolute atomic E-state index is 11.3. The Bertz CT molecular complexity index is 760. The van der Waals surface area contributed by atoms with Gasteiger partial charge in [-0.25, -0.2) is 9.78 Å². The van der Waals surface area contributed by atoms with Gasteiger partial charge in [0.25, 0.3) is 0 Å². The molecule has 0 aliphatic rings. The Balaban J connectivity index is 2.36. The van der Waals surface area contributed by atoms with Crippen molar-refractivity contribution < 1.29 is 9.90 Å². The summed E-state index contributed by atoms with van der Waals surface area (Å²) in [5, 5.41) is 9.24. The highest BCUT2D eigenvalue weighted by atomic mass is 16.4. The number of fused-ring (bicyclic) bond motifs is 1. The molecular formula is C15H12N2O2. The van der Waals surface area contributed by atoms with Gasteiger partial charge in [0.1, 0.15) is 5.82 Å². The number of hydrogen-bond donors (Lipinski definition) is 1. The molecule has 1 N–H and O–H groups in total. The number of hydrogen-bond acceptors (Lipinski definition) is 2. The van der Waals surface area contributed by atoms with E-state index in [1.54, 1.807) is 6.07 Å². The molecule has 0 atom stereocenters. The number of aromatic nitrogens is 2. The van der Waals surface area contributed by atoms with Gasteiger partial charge in [-0.3, -0.25) is 4.40 Å². The zero-order valence-corrected chi connectivity index (χ0v) is 10.4. The third-order valence-electron chi connectivity index (χ3n) is 3.02. The predicted octanol–water partition coefficient (Wildman–Crippen LogP) is 3.01. The smallest absolute Gasteiger partial charge is 0.356 e. The molecule has 2 heterocycles. The molecule has 0 saturated heterocycles. The first-order valence-corrected chi connectivity index (χ1v) is 5.94. The Morgan fingerprint density at radius 2 is 1.89 bits per heavy atom. The Labute approximate surface area is 110 Å². The summed E-state index contributed by atoms with van der Waals surface area (Å²) in [7, 11) is 0. The fraction of sp³-hybridized carbons (Fsp3) is 0.0667. The van der Waals surface area contributed by atoms with E-state index in [0.29, 0.717) is 11.3 Å². The molecule has 94 valence electrons. The van der Waals surface area contributed by atoms with Gasteiger partial charge in [0.15, 0.2) is 5.69 Å². The molecule has 4 heteroatoms. The first kappa shape index (κ1) is 11.5. The minimum absolute atomic E-state index is 0.0823. The van der Waals surface area contributed by atoms with Crippen LogP contribution in [0.25, 0.3) is 16.9 Å². The number of benzene rings is 1. The Hall–Kier alpha value is -2.62. The molecule has 0 unspecified atom stereocenters.